The van der Waals surface area contributed by atoms with E-state index in [0.29, 0.717) is 31.3 Å². The van der Waals surface area contributed by atoms with Gasteiger partial charge in [0, 0.05) is 26.3 Å². The van der Waals surface area contributed by atoms with E-state index in [2.05, 4.69) is 5.32 Å². The number of rotatable bonds is 9. The molecular weight excluding hydrogens is 270 g/mol. The summed E-state index contributed by atoms with van der Waals surface area (Å²) in [5, 5.41) is 2.79. The van der Waals surface area contributed by atoms with Crippen LogP contribution in [0.4, 0.5) is 0 Å². The molecule has 0 unspecified atom stereocenters. The molecule has 0 heterocycles. The second-order valence-electron chi connectivity index (χ2n) is 4.31. The molecule has 21 heavy (non-hydrogen) atoms. The lowest BCUT2D eigenvalue weighted by Crippen LogP contribution is -2.22. The average molecular weight is 293 g/mol. The standard InChI is InChI=1S/C16H23NO4/c1-4-21-14-8-6-13(12-15(14)20-3)7-9-16(18)17-10-5-11-19-2/h6-9,12H,4-5,10-11H2,1-3H3,(H,17,18)/b9-7+. The van der Waals surface area contributed by atoms with Crippen LogP contribution in [0.2, 0.25) is 0 Å². The third kappa shape index (κ3) is 6.31. The Morgan fingerprint density at radius 3 is 2.76 bits per heavy atom. The van der Waals surface area contributed by atoms with Crippen LogP contribution >= 0.6 is 0 Å². The molecule has 0 bridgehead atoms. The summed E-state index contributed by atoms with van der Waals surface area (Å²) in [5.74, 6) is 1.22. The highest BCUT2D eigenvalue weighted by molar-refractivity contribution is 5.91. The summed E-state index contributed by atoms with van der Waals surface area (Å²) < 4.78 is 15.6. The van der Waals surface area contributed by atoms with Crippen molar-refractivity contribution < 1.29 is 19.0 Å². The van der Waals surface area contributed by atoms with Crippen molar-refractivity contribution in [1.29, 1.82) is 0 Å². The zero-order valence-electron chi connectivity index (χ0n) is 12.8. The minimum Gasteiger partial charge on any atom is -0.493 e. The van der Waals surface area contributed by atoms with Crippen molar-refractivity contribution in [3.8, 4) is 11.5 Å². The summed E-state index contributed by atoms with van der Waals surface area (Å²) in [5.41, 5.74) is 0.877. The van der Waals surface area contributed by atoms with Crippen LogP contribution < -0.4 is 14.8 Å². The molecule has 1 rings (SSSR count). The van der Waals surface area contributed by atoms with Gasteiger partial charge in [-0.15, -0.1) is 0 Å². The fourth-order valence-electron chi connectivity index (χ4n) is 1.72. The third-order valence-corrected chi connectivity index (χ3v) is 2.74. The molecule has 0 radical (unpaired) electrons. The van der Waals surface area contributed by atoms with Crippen LogP contribution in [-0.4, -0.2) is 39.9 Å². The second-order valence-corrected chi connectivity index (χ2v) is 4.31. The average Bonchev–Trinajstić information content (AvgIpc) is 2.50. The third-order valence-electron chi connectivity index (χ3n) is 2.74. The Labute approximate surface area is 125 Å². The number of benzene rings is 1. The SMILES string of the molecule is CCOc1ccc(/C=C/C(=O)NCCCOC)cc1OC. The molecule has 0 saturated carbocycles. The topological polar surface area (TPSA) is 56.8 Å². The Hall–Kier alpha value is -2.01. The Morgan fingerprint density at radius 2 is 2.10 bits per heavy atom. The van der Waals surface area contributed by atoms with E-state index in [1.807, 2.05) is 25.1 Å². The second kappa shape index (κ2) is 9.83. The van der Waals surface area contributed by atoms with Crippen molar-refractivity contribution in [3.63, 3.8) is 0 Å². The molecule has 5 heteroatoms. The molecule has 0 aromatic heterocycles. The molecule has 5 nitrogen and oxygen atoms in total. The summed E-state index contributed by atoms with van der Waals surface area (Å²) in [4.78, 5) is 11.6. The Kier molecular flexibility index (Phi) is 7.97. The van der Waals surface area contributed by atoms with Gasteiger partial charge in [-0.2, -0.15) is 0 Å². The van der Waals surface area contributed by atoms with Crippen LogP contribution in [0, 0.1) is 0 Å². The molecule has 1 aromatic carbocycles. The van der Waals surface area contributed by atoms with E-state index >= 15 is 0 Å². The number of nitrogens with one attached hydrogen (secondary N) is 1. The van der Waals surface area contributed by atoms with Crippen LogP contribution in [-0.2, 0) is 9.53 Å². The first-order chi connectivity index (χ1) is 10.2. The quantitative estimate of drug-likeness (QED) is 0.560. The maximum atomic E-state index is 11.6. The fourth-order valence-corrected chi connectivity index (χ4v) is 1.72. The van der Waals surface area contributed by atoms with E-state index < -0.39 is 0 Å². The minimum absolute atomic E-state index is 0.126. The van der Waals surface area contributed by atoms with Gasteiger partial charge in [0.1, 0.15) is 0 Å². The predicted molar refractivity (Wildman–Crippen MR) is 82.7 cm³/mol. The summed E-state index contributed by atoms with van der Waals surface area (Å²) >= 11 is 0. The van der Waals surface area contributed by atoms with Gasteiger partial charge in [0.05, 0.1) is 13.7 Å². The highest BCUT2D eigenvalue weighted by Crippen LogP contribution is 2.28. The Morgan fingerprint density at radius 1 is 1.29 bits per heavy atom. The molecule has 1 N–H and O–H groups in total. The first kappa shape index (κ1) is 17.0. The van der Waals surface area contributed by atoms with Crippen LogP contribution in [0.3, 0.4) is 0 Å². The largest absolute Gasteiger partial charge is 0.493 e. The molecule has 0 aliphatic heterocycles. The lowest BCUT2D eigenvalue weighted by Gasteiger charge is -2.09. The van der Waals surface area contributed by atoms with E-state index in [4.69, 9.17) is 14.2 Å². The van der Waals surface area contributed by atoms with Crippen molar-refractivity contribution in [2.75, 3.05) is 34.0 Å². The number of hydrogen-bond donors (Lipinski definition) is 1. The van der Waals surface area contributed by atoms with Crippen molar-refractivity contribution in [1.82, 2.24) is 5.32 Å². The van der Waals surface area contributed by atoms with Gasteiger partial charge >= 0.3 is 0 Å². The molecule has 0 fully saturated rings. The van der Waals surface area contributed by atoms with E-state index in [0.717, 1.165) is 12.0 Å². The van der Waals surface area contributed by atoms with Gasteiger partial charge in [0.2, 0.25) is 5.91 Å². The maximum absolute atomic E-state index is 11.6. The highest BCUT2D eigenvalue weighted by atomic mass is 16.5. The van der Waals surface area contributed by atoms with Gasteiger partial charge in [-0.25, -0.2) is 0 Å². The summed E-state index contributed by atoms with van der Waals surface area (Å²) in [6.45, 7) is 3.74. The summed E-state index contributed by atoms with van der Waals surface area (Å²) in [7, 11) is 3.23. The fraction of sp³-hybridized carbons (Fsp3) is 0.438. The monoisotopic (exact) mass is 293 g/mol. The lowest BCUT2D eigenvalue weighted by atomic mass is 10.2. The van der Waals surface area contributed by atoms with E-state index in [9.17, 15) is 4.79 Å². The molecule has 0 saturated heterocycles. The van der Waals surface area contributed by atoms with Crippen LogP contribution in [0.5, 0.6) is 11.5 Å². The number of carbonyl (C=O) groups excluding carboxylic acids is 1. The molecule has 0 aliphatic carbocycles. The van der Waals surface area contributed by atoms with Crippen LogP contribution in [0.15, 0.2) is 24.3 Å². The first-order valence-electron chi connectivity index (χ1n) is 6.97. The highest BCUT2D eigenvalue weighted by Gasteiger charge is 2.04. The first-order valence-corrected chi connectivity index (χ1v) is 6.97. The van der Waals surface area contributed by atoms with Crippen molar-refractivity contribution in [2.45, 2.75) is 13.3 Å². The van der Waals surface area contributed by atoms with E-state index in [-0.39, 0.29) is 5.91 Å². The number of carbonyl (C=O) groups is 1. The van der Waals surface area contributed by atoms with Crippen molar-refractivity contribution in [2.24, 2.45) is 0 Å². The molecule has 0 atom stereocenters. The molecule has 0 aliphatic rings. The van der Waals surface area contributed by atoms with Crippen LogP contribution in [0.1, 0.15) is 18.9 Å². The van der Waals surface area contributed by atoms with Gasteiger partial charge in [0.15, 0.2) is 11.5 Å². The van der Waals surface area contributed by atoms with Crippen molar-refractivity contribution in [3.05, 3.63) is 29.8 Å². The number of hydrogen-bond acceptors (Lipinski definition) is 4. The normalized spacial score (nSPS) is 10.6. The molecule has 1 aromatic rings. The zero-order chi connectivity index (χ0) is 15.5. The summed E-state index contributed by atoms with van der Waals surface area (Å²) in [6.07, 6.45) is 4.04. The Balaban J connectivity index is 2.57. The lowest BCUT2D eigenvalue weighted by molar-refractivity contribution is -0.116. The maximum Gasteiger partial charge on any atom is 0.244 e. The van der Waals surface area contributed by atoms with Gasteiger partial charge in [-0.05, 0) is 37.1 Å². The predicted octanol–water partition coefficient (Wildman–Crippen LogP) is 2.26. The minimum atomic E-state index is -0.126. The van der Waals surface area contributed by atoms with Crippen molar-refractivity contribution >= 4 is 12.0 Å². The number of amides is 1. The Bertz CT molecular complexity index is 471. The van der Waals surface area contributed by atoms with E-state index in [1.54, 1.807) is 20.3 Å². The molecular formula is C16H23NO4. The van der Waals surface area contributed by atoms with Gasteiger partial charge in [0.25, 0.3) is 0 Å². The van der Waals surface area contributed by atoms with Gasteiger partial charge in [-0.3, -0.25) is 4.79 Å². The smallest absolute Gasteiger partial charge is 0.244 e. The number of methoxy groups -OCH3 is 2. The van der Waals surface area contributed by atoms with E-state index in [1.165, 1.54) is 6.08 Å². The van der Waals surface area contributed by atoms with Gasteiger partial charge in [-0.1, -0.05) is 6.07 Å². The molecule has 0 spiro atoms. The zero-order valence-corrected chi connectivity index (χ0v) is 12.8. The molecule has 116 valence electrons. The van der Waals surface area contributed by atoms with Gasteiger partial charge < -0.3 is 19.5 Å². The van der Waals surface area contributed by atoms with Crippen LogP contribution in [0.25, 0.3) is 6.08 Å². The summed E-state index contributed by atoms with van der Waals surface area (Å²) in [6, 6.07) is 5.54. The molecule has 1 amide bonds. The number of ether oxygens (including phenoxy) is 3.